The van der Waals surface area contributed by atoms with Crippen molar-refractivity contribution in [2.24, 2.45) is 5.92 Å². The number of rotatable bonds is 3. The number of pyridine rings is 1. The molecule has 4 rings (SSSR count). The van der Waals surface area contributed by atoms with Crippen molar-refractivity contribution >= 4 is 28.2 Å². The highest BCUT2D eigenvalue weighted by Gasteiger charge is 2.30. The Morgan fingerprint density at radius 1 is 1.21 bits per heavy atom. The molecule has 0 bridgehead atoms. The number of hydrogen-bond acceptors (Lipinski definition) is 6. The van der Waals surface area contributed by atoms with Gasteiger partial charge in [-0.25, -0.2) is 4.98 Å². The van der Waals surface area contributed by atoms with Gasteiger partial charge in [0, 0.05) is 54.9 Å². The number of carbonyl (C=O) groups is 1. The van der Waals surface area contributed by atoms with Crippen LogP contribution in [0.25, 0.3) is 10.9 Å². The SMILES string of the molecule is Cc1cc(N2CCC(C(=O)N3CCOCC3)CC2)c2cccc([N+](=O)[O-])c2n1. The second-order valence-corrected chi connectivity index (χ2v) is 7.41. The highest BCUT2D eigenvalue weighted by Crippen LogP contribution is 2.34. The molecule has 3 heterocycles. The van der Waals surface area contributed by atoms with E-state index in [0.29, 0.717) is 31.8 Å². The maximum Gasteiger partial charge on any atom is 0.295 e. The zero-order chi connectivity index (χ0) is 19.7. The number of non-ortho nitro benzene ring substituents is 1. The quantitative estimate of drug-likeness (QED) is 0.597. The number of amides is 1. The number of carbonyl (C=O) groups excluding carboxylic acids is 1. The Labute approximate surface area is 163 Å². The Morgan fingerprint density at radius 3 is 2.61 bits per heavy atom. The van der Waals surface area contributed by atoms with Crippen molar-refractivity contribution in [1.82, 2.24) is 9.88 Å². The summed E-state index contributed by atoms with van der Waals surface area (Å²) >= 11 is 0. The second-order valence-electron chi connectivity index (χ2n) is 7.41. The minimum Gasteiger partial charge on any atom is -0.378 e. The summed E-state index contributed by atoms with van der Waals surface area (Å²) in [5, 5.41) is 12.2. The lowest BCUT2D eigenvalue weighted by molar-refractivity contribution is -0.383. The van der Waals surface area contributed by atoms with E-state index in [1.54, 1.807) is 6.07 Å². The Morgan fingerprint density at radius 2 is 1.93 bits per heavy atom. The van der Waals surface area contributed by atoms with Gasteiger partial charge in [-0.1, -0.05) is 12.1 Å². The van der Waals surface area contributed by atoms with Gasteiger partial charge >= 0.3 is 0 Å². The minimum absolute atomic E-state index is 0.0276. The Kier molecular flexibility index (Phi) is 5.13. The van der Waals surface area contributed by atoms with E-state index in [1.165, 1.54) is 6.07 Å². The number of aromatic nitrogens is 1. The monoisotopic (exact) mass is 384 g/mol. The molecule has 1 aromatic carbocycles. The van der Waals surface area contributed by atoms with Gasteiger partial charge in [0.25, 0.3) is 5.69 Å². The summed E-state index contributed by atoms with van der Waals surface area (Å²) < 4.78 is 5.33. The second kappa shape index (κ2) is 7.71. The fourth-order valence-corrected chi connectivity index (χ4v) is 4.16. The predicted octanol–water partition coefficient (Wildman–Crippen LogP) is 2.53. The molecule has 1 aromatic heterocycles. The molecule has 0 atom stereocenters. The van der Waals surface area contributed by atoms with Crippen LogP contribution in [0.2, 0.25) is 0 Å². The Balaban J connectivity index is 1.55. The minimum atomic E-state index is -0.383. The Bertz CT molecular complexity index is 902. The third kappa shape index (κ3) is 3.52. The third-order valence-electron chi connectivity index (χ3n) is 5.63. The smallest absolute Gasteiger partial charge is 0.295 e. The standard InChI is InChI=1S/C20H24N4O4/c1-14-13-18(16-3-2-4-17(24(26)27)19(16)21-14)22-7-5-15(6-8-22)20(25)23-9-11-28-12-10-23/h2-4,13,15H,5-12H2,1H3. The lowest BCUT2D eigenvalue weighted by Gasteiger charge is -2.36. The van der Waals surface area contributed by atoms with Crippen LogP contribution >= 0.6 is 0 Å². The first-order valence-electron chi connectivity index (χ1n) is 9.71. The highest BCUT2D eigenvalue weighted by atomic mass is 16.6. The van der Waals surface area contributed by atoms with Crippen LogP contribution in [-0.2, 0) is 9.53 Å². The van der Waals surface area contributed by atoms with Gasteiger partial charge in [-0.05, 0) is 25.8 Å². The normalized spacial score (nSPS) is 18.5. The molecule has 0 radical (unpaired) electrons. The molecule has 2 fully saturated rings. The predicted molar refractivity (Wildman–Crippen MR) is 105 cm³/mol. The number of piperidine rings is 1. The largest absolute Gasteiger partial charge is 0.378 e. The molecule has 148 valence electrons. The van der Waals surface area contributed by atoms with Gasteiger partial charge < -0.3 is 14.5 Å². The fraction of sp³-hybridized carbons (Fsp3) is 0.500. The lowest BCUT2D eigenvalue weighted by Crippen LogP contribution is -2.46. The van der Waals surface area contributed by atoms with Gasteiger partial charge in [-0.15, -0.1) is 0 Å². The summed E-state index contributed by atoms with van der Waals surface area (Å²) in [7, 11) is 0. The van der Waals surface area contributed by atoms with Crippen molar-refractivity contribution in [3.8, 4) is 0 Å². The molecule has 2 saturated heterocycles. The van der Waals surface area contributed by atoms with Crippen molar-refractivity contribution in [2.45, 2.75) is 19.8 Å². The molecule has 2 aliphatic heterocycles. The number of hydrogen-bond donors (Lipinski definition) is 0. The van der Waals surface area contributed by atoms with Gasteiger partial charge in [-0.2, -0.15) is 0 Å². The zero-order valence-electron chi connectivity index (χ0n) is 16.0. The zero-order valence-corrected chi connectivity index (χ0v) is 16.0. The van der Waals surface area contributed by atoms with Crippen LogP contribution < -0.4 is 4.90 Å². The van der Waals surface area contributed by atoms with Crippen LogP contribution in [0, 0.1) is 23.0 Å². The lowest BCUT2D eigenvalue weighted by atomic mass is 9.94. The van der Waals surface area contributed by atoms with Gasteiger partial charge in [0.2, 0.25) is 5.91 Å². The maximum atomic E-state index is 12.7. The van der Waals surface area contributed by atoms with E-state index in [1.807, 2.05) is 24.0 Å². The van der Waals surface area contributed by atoms with E-state index in [9.17, 15) is 14.9 Å². The molecule has 2 aliphatic rings. The average Bonchev–Trinajstić information content (AvgIpc) is 2.73. The molecule has 0 N–H and O–H groups in total. The van der Waals surface area contributed by atoms with Crippen LogP contribution in [0.1, 0.15) is 18.5 Å². The summed E-state index contributed by atoms with van der Waals surface area (Å²) in [5.74, 6) is 0.271. The van der Waals surface area contributed by atoms with Gasteiger partial charge in [0.15, 0.2) is 5.52 Å². The number of benzene rings is 1. The molecular weight excluding hydrogens is 360 g/mol. The summed E-state index contributed by atoms with van der Waals surface area (Å²) in [6.45, 7) is 5.95. The number of aryl methyl sites for hydroxylation is 1. The molecule has 8 nitrogen and oxygen atoms in total. The van der Waals surface area contributed by atoms with Gasteiger partial charge in [0.1, 0.15) is 0 Å². The number of para-hydroxylation sites is 1. The molecule has 8 heteroatoms. The van der Waals surface area contributed by atoms with Crippen molar-refractivity contribution < 1.29 is 14.5 Å². The molecule has 2 aromatic rings. The first-order chi connectivity index (χ1) is 13.5. The van der Waals surface area contributed by atoms with E-state index >= 15 is 0 Å². The summed E-state index contributed by atoms with van der Waals surface area (Å²) in [4.78, 5) is 32.3. The average molecular weight is 384 g/mol. The van der Waals surface area contributed by atoms with Crippen LogP contribution in [0.5, 0.6) is 0 Å². The number of nitrogens with zero attached hydrogens (tertiary/aromatic N) is 4. The molecule has 28 heavy (non-hydrogen) atoms. The third-order valence-corrected chi connectivity index (χ3v) is 5.63. The number of nitro benzene ring substituents is 1. The fourth-order valence-electron chi connectivity index (χ4n) is 4.16. The van der Waals surface area contributed by atoms with Gasteiger partial charge in [-0.3, -0.25) is 14.9 Å². The van der Waals surface area contributed by atoms with Gasteiger partial charge in [0.05, 0.1) is 18.1 Å². The molecule has 1 amide bonds. The van der Waals surface area contributed by atoms with E-state index < -0.39 is 0 Å². The number of fused-ring (bicyclic) bond motifs is 1. The van der Waals surface area contributed by atoms with E-state index in [0.717, 1.165) is 42.7 Å². The van der Waals surface area contributed by atoms with Crippen molar-refractivity contribution in [3.05, 3.63) is 40.1 Å². The van der Waals surface area contributed by atoms with E-state index in [2.05, 4.69) is 9.88 Å². The van der Waals surface area contributed by atoms with Crippen molar-refractivity contribution in [2.75, 3.05) is 44.3 Å². The molecule has 0 aliphatic carbocycles. The summed E-state index contributed by atoms with van der Waals surface area (Å²) in [6.07, 6.45) is 1.57. The van der Waals surface area contributed by atoms with Crippen molar-refractivity contribution in [3.63, 3.8) is 0 Å². The van der Waals surface area contributed by atoms with E-state index in [-0.39, 0.29) is 22.4 Å². The number of nitro groups is 1. The number of anilines is 1. The van der Waals surface area contributed by atoms with Crippen LogP contribution in [0.15, 0.2) is 24.3 Å². The van der Waals surface area contributed by atoms with Crippen LogP contribution in [0.3, 0.4) is 0 Å². The van der Waals surface area contributed by atoms with Crippen LogP contribution in [0.4, 0.5) is 11.4 Å². The molecule has 0 unspecified atom stereocenters. The summed E-state index contributed by atoms with van der Waals surface area (Å²) in [6, 6.07) is 7.06. The number of morpholine rings is 1. The maximum absolute atomic E-state index is 12.7. The molecular formula is C20H24N4O4. The van der Waals surface area contributed by atoms with Crippen molar-refractivity contribution in [1.29, 1.82) is 0 Å². The Hall–Kier alpha value is -2.74. The first-order valence-corrected chi connectivity index (χ1v) is 9.71. The topological polar surface area (TPSA) is 88.8 Å². The van der Waals surface area contributed by atoms with E-state index in [4.69, 9.17) is 4.74 Å². The first kappa shape index (κ1) is 18.6. The number of ether oxygens (including phenoxy) is 1. The summed E-state index contributed by atoms with van der Waals surface area (Å²) in [5.41, 5.74) is 2.17. The van der Waals surface area contributed by atoms with Crippen LogP contribution in [-0.4, -0.2) is 60.1 Å². The molecule has 0 spiro atoms. The molecule has 0 saturated carbocycles. The highest BCUT2D eigenvalue weighted by molar-refractivity contribution is 5.97.